The zero-order chi connectivity index (χ0) is 14.1. The monoisotopic (exact) mass is 365 g/mol. The van der Waals surface area contributed by atoms with E-state index in [1.54, 1.807) is 11.3 Å². The predicted molar refractivity (Wildman–Crippen MR) is 90.8 cm³/mol. The average molecular weight is 367 g/mol. The number of hydrogen-bond donors (Lipinski definition) is 0. The minimum absolute atomic E-state index is 0.0395. The molecule has 1 nitrogen and oxygen atoms in total. The molecule has 1 unspecified atom stereocenters. The van der Waals surface area contributed by atoms with Gasteiger partial charge in [0, 0.05) is 10.9 Å². The molecule has 4 heteroatoms. The fraction of sp³-hybridized carbons (Fsp3) is 0.188. The topological polar surface area (TPSA) is 12.9 Å². The number of aryl methyl sites for hydroxylation is 1. The maximum absolute atomic E-state index is 6.54. The minimum atomic E-state index is -0.0395. The lowest BCUT2D eigenvalue weighted by Gasteiger charge is -2.09. The smallest absolute Gasteiger partial charge is 0.0956 e. The van der Waals surface area contributed by atoms with Crippen LogP contribution in [0.25, 0.3) is 10.2 Å². The van der Waals surface area contributed by atoms with E-state index < -0.39 is 0 Å². The van der Waals surface area contributed by atoms with Gasteiger partial charge in [0.2, 0.25) is 0 Å². The second-order valence-electron chi connectivity index (χ2n) is 4.76. The highest BCUT2D eigenvalue weighted by Crippen LogP contribution is 2.31. The van der Waals surface area contributed by atoms with Gasteiger partial charge in [-0.3, -0.25) is 0 Å². The number of alkyl halides is 1. The number of aromatic nitrogens is 1. The van der Waals surface area contributed by atoms with E-state index in [2.05, 4.69) is 52.1 Å². The van der Waals surface area contributed by atoms with Crippen molar-refractivity contribution in [2.75, 3.05) is 0 Å². The van der Waals surface area contributed by atoms with Crippen LogP contribution in [0.3, 0.4) is 0 Å². The van der Waals surface area contributed by atoms with Crippen molar-refractivity contribution in [2.45, 2.75) is 18.7 Å². The van der Waals surface area contributed by atoms with Gasteiger partial charge in [-0.1, -0.05) is 40.2 Å². The van der Waals surface area contributed by atoms with Crippen molar-refractivity contribution in [3.05, 3.63) is 63.1 Å². The molecule has 0 saturated heterocycles. The highest BCUT2D eigenvalue weighted by Gasteiger charge is 2.13. The Labute approximate surface area is 135 Å². The molecular formula is C16H13BrClNS. The van der Waals surface area contributed by atoms with Crippen LogP contribution in [0, 0.1) is 6.92 Å². The molecule has 20 heavy (non-hydrogen) atoms. The van der Waals surface area contributed by atoms with Gasteiger partial charge in [0.1, 0.15) is 0 Å². The van der Waals surface area contributed by atoms with E-state index in [0.29, 0.717) is 0 Å². The van der Waals surface area contributed by atoms with Crippen LogP contribution in [0.15, 0.2) is 46.9 Å². The molecule has 0 radical (unpaired) electrons. The van der Waals surface area contributed by atoms with Crippen molar-refractivity contribution in [2.24, 2.45) is 0 Å². The van der Waals surface area contributed by atoms with Gasteiger partial charge in [0.15, 0.2) is 0 Å². The van der Waals surface area contributed by atoms with E-state index in [0.717, 1.165) is 27.0 Å². The number of halogens is 2. The van der Waals surface area contributed by atoms with Crippen molar-refractivity contribution in [3.8, 4) is 0 Å². The zero-order valence-electron chi connectivity index (χ0n) is 10.9. The first-order valence-corrected chi connectivity index (χ1v) is 8.42. The Balaban J connectivity index is 1.84. The summed E-state index contributed by atoms with van der Waals surface area (Å²) in [5.41, 5.74) is 3.41. The maximum atomic E-state index is 6.54. The van der Waals surface area contributed by atoms with Gasteiger partial charge in [-0.2, -0.15) is 0 Å². The summed E-state index contributed by atoms with van der Waals surface area (Å²) in [6.45, 7) is 2.08. The molecule has 0 saturated carbocycles. The number of benzene rings is 2. The Hall–Kier alpha value is -0.900. The molecule has 0 aliphatic heterocycles. The fourth-order valence-corrected chi connectivity index (χ4v) is 3.77. The average Bonchev–Trinajstić information content (AvgIpc) is 2.83. The van der Waals surface area contributed by atoms with E-state index >= 15 is 0 Å². The summed E-state index contributed by atoms with van der Waals surface area (Å²) < 4.78 is 2.34. The highest BCUT2D eigenvalue weighted by molar-refractivity contribution is 9.10. The third-order valence-electron chi connectivity index (χ3n) is 3.24. The number of nitrogens with zero attached hydrogens (tertiary/aromatic N) is 1. The molecule has 0 N–H and O–H groups in total. The molecule has 0 amide bonds. The van der Waals surface area contributed by atoms with Crippen LogP contribution in [-0.4, -0.2) is 4.98 Å². The van der Waals surface area contributed by atoms with Crippen LogP contribution < -0.4 is 0 Å². The summed E-state index contributed by atoms with van der Waals surface area (Å²) in [6.07, 6.45) is 0.766. The maximum Gasteiger partial charge on any atom is 0.0956 e. The molecular weight excluding hydrogens is 354 g/mol. The van der Waals surface area contributed by atoms with Crippen LogP contribution in [0.4, 0.5) is 0 Å². The third-order valence-corrected chi connectivity index (χ3v) is 5.59. The summed E-state index contributed by atoms with van der Waals surface area (Å²) in [6, 6.07) is 14.5. The Morgan fingerprint density at radius 2 is 2.05 bits per heavy atom. The molecule has 0 aliphatic rings. The Morgan fingerprint density at radius 3 is 2.80 bits per heavy atom. The fourth-order valence-electron chi connectivity index (χ4n) is 2.14. The SMILES string of the molecule is Cc1cc(C(Cl)Cc2nc3ccccc3s2)ccc1Br. The van der Waals surface area contributed by atoms with Crippen LogP contribution in [0.1, 0.15) is 21.5 Å². The predicted octanol–water partition coefficient (Wildman–Crippen LogP) is 5.89. The van der Waals surface area contributed by atoms with Crippen LogP contribution in [0.5, 0.6) is 0 Å². The van der Waals surface area contributed by atoms with Crippen LogP contribution in [-0.2, 0) is 6.42 Å². The van der Waals surface area contributed by atoms with E-state index in [4.69, 9.17) is 11.6 Å². The lowest BCUT2D eigenvalue weighted by molar-refractivity contribution is 0.908. The number of fused-ring (bicyclic) bond motifs is 1. The van der Waals surface area contributed by atoms with Gasteiger partial charge in [-0.25, -0.2) is 4.98 Å². The van der Waals surface area contributed by atoms with E-state index in [1.165, 1.54) is 10.3 Å². The van der Waals surface area contributed by atoms with Gasteiger partial charge in [-0.05, 0) is 36.2 Å². The molecule has 102 valence electrons. The number of hydrogen-bond acceptors (Lipinski definition) is 2. The summed E-state index contributed by atoms with van der Waals surface area (Å²) in [4.78, 5) is 4.64. The largest absolute Gasteiger partial charge is 0.241 e. The lowest BCUT2D eigenvalue weighted by atomic mass is 10.1. The first-order chi connectivity index (χ1) is 9.63. The second kappa shape index (κ2) is 5.84. The Kier molecular flexibility index (Phi) is 4.11. The Morgan fingerprint density at radius 1 is 1.25 bits per heavy atom. The zero-order valence-corrected chi connectivity index (χ0v) is 14.1. The van der Waals surface area contributed by atoms with Crippen LogP contribution in [0.2, 0.25) is 0 Å². The number of thiazole rings is 1. The number of rotatable bonds is 3. The molecule has 0 fully saturated rings. The van der Waals surface area contributed by atoms with Gasteiger partial charge in [-0.15, -0.1) is 22.9 Å². The van der Waals surface area contributed by atoms with E-state index in [-0.39, 0.29) is 5.38 Å². The molecule has 1 atom stereocenters. The summed E-state index contributed by atoms with van der Waals surface area (Å²) >= 11 is 11.8. The normalized spacial score (nSPS) is 12.8. The first kappa shape index (κ1) is 14.1. The van der Waals surface area contributed by atoms with Gasteiger partial charge in [0.05, 0.1) is 20.6 Å². The molecule has 0 aliphatic carbocycles. The van der Waals surface area contributed by atoms with Gasteiger partial charge in [0.25, 0.3) is 0 Å². The van der Waals surface area contributed by atoms with Crippen molar-refractivity contribution in [3.63, 3.8) is 0 Å². The number of para-hydroxylation sites is 1. The van der Waals surface area contributed by atoms with Crippen molar-refractivity contribution < 1.29 is 0 Å². The standard InChI is InChI=1S/C16H13BrClNS/c1-10-8-11(6-7-12(10)17)13(18)9-16-19-14-4-2-3-5-15(14)20-16/h2-8,13H,9H2,1H3. The first-order valence-electron chi connectivity index (χ1n) is 6.38. The molecule has 0 bridgehead atoms. The van der Waals surface area contributed by atoms with Gasteiger partial charge < -0.3 is 0 Å². The molecule has 3 rings (SSSR count). The van der Waals surface area contributed by atoms with Gasteiger partial charge >= 0.3 is 0 Å². The van der Waals surface area contributed by atoms with Crippen molar-refractivity contribution in [1.29, 1.82) is 0 Å². The molecule has 3 aromatic rings. The quantitative estimate of drug-likeness (QED) is 0.527. The second-order valence-corrected chi connectivity index (χ2v) is 7.25. The molecule has 2 aromatic carbocycles. The molecule has 1 aromatic heterocycles. The highest BCUT2D eigenvalue weighted by atomic mass is 79.9. The summed E-state index contributed by atoms with van der Waals surface area (Å²) in [5.74, 6) is 0. The van der Waals surface area contributed by atoms with Crippen molar-refractivity contribution >= 4 is 49.1 Å². The van der Waals surface area contributed by atoms with E-state index in [1.807, 2.05) is 18.2 Å². The van der Waals surface area contributed by atoms with Crippen molar-refractivity contribution in [1.82, 2.24) is 4.98 Å². The third kappa shape index (κ3) is 2.90. The van der Waals surface area contributed by atoms with Crippen LogP contribution >= 0.6 is 38.9 Å². The molecule has 1 heterocycles. The minimum Gasteiger partial charge on any atom is -0.241 e. The van der Waals surface area contributed by atoms with E-state index in [9.17, 15) is 0 Å². The molecule has 0 spiro atoms. The summed E-state index contributed by atoms with van der Waals surface area (Å²) in [5, 5.41) is 1.05. The Bertz CT molecular complexity index is 720. The lowest BCUT2D eigenvalue weighted by Crippen LogP contribution is -1.96. The summed E-state index contributed by atoms with van der Waals surface area (Å²) in [7, 11) is 0.